The zero-order chi connectivity index (χ0) is 22.3. The van der Waals surface area contributed by atoms with E-state index in [1.54, 1.807) is 29.7 Å². The van der Waals surface area contributed by atoms with Crippen LogP contribution < -0.4 is 15.5 Å². The summed E-state index contributed by atoms with van der Waals surface area (Å²) in [7, 11) is 0. The Hall–Kier alpha value is -2.71. The zero-order valence-electron chi connectivity index (χ0n) is 18.6. The molecule has 2 N–H and O–H groups in total. The van der Waals surface area contributed by atoms with Crippen LogP contribution in [0.3, 0.4) is 0 Å². The Morgan fingerprint density at radius 3 is 2.78 bits per heavy atom. The van der Waals surface area contributed by atoms with Crippen molar-refractivity contribution in [1.82, 2.24) is 15.4 Å². The van der Waals surface area contributed by atoms with Gasteiger partial charge in [-0.2, -0.15) is 0 Å². The topological polar surface area (TPSA) is 85.4 Å². The molecule has 0 bridgehead atoms. The minimum absolute atomic E-state index is 0.235. The highest BCUT2D eigenvalue weighted by atomic mass is 32.1. The molecule has 170 valence electrons. The number of thiazole rings is 1. The second-order valence-electron chi connectivity index (χ2n) is 8.65. The van der Waals surface area contributed by atoms with Gasteiger partial charge < -0.3 is 10.1 Å². The SMILES string of the molecule is CC(C)CONC(=O)c1cc(Oc2ccc3nc(NCC4CCCCC4)sc3c2)ccn1. The van der Waals surface area contributed by atoms with Crippen molar-refractivity contribution in [2.45, 2.75) is 46.0 Å². The van der Waals surface area contributed by atoms with Crippen LogP contribution in [-0.2, 0) is 4.84 Å². The minimum Gasteiger partial charge on any atom is -0.457 e. The standard InChI is InChI=1S/C24H30N4O3S/c1-16(2)15-30-28-23(29)21-12-19(10-11-25-21)31-18-8-9-20-22(13-18)32-24(27-20)26-14-17-6-4-3-5-7-17/h8-13,16-17H,3-7,14-15H2,1-2H3,(H,26,27)(H,28,29). The van der Waals surface area contributed by atoms with Crippen LogP contribution in [0.15, 0.2) is 36.5 Å². The van der Waals surface area contributed by atoms with Crippen molar-refractivity contribution in [2.24, 2.45) is 11.8 Å². The fraction of sp³-hybridized carbons (Fsp3) is 0.458. The van der Waals surface area contributed by atoms with Gasteiger partial charge in [0, 0.05) is 24.9 Å². The summed E-state index contributed by atoms with van der Waals surface area (Å²) in [5.74, 6) is 1.90. The summed E-state index contributed by atoms with van der Waals surface area (Å²) in [6, 6.07) is 9.15. The van der Waals surface area contributed by atoms with Gasteiger partial charge in [-0.25, -0.2) is 10.5 Å². The number of anilines is 1. The number of hydrogen-bond donors (Lipinski definition) is 2. The number of pyridine rings is 1. The summed E-state index contributed by atoms with van der Waals surface area (Å²) in [5, 5.41) is 4.47. The Labute approximate surface area is 192 Å². The summed E-state index contributed by atoms with van der Waals surface area (Å²) < 4.78 is 7.04. The van der Waals surface area contributed by atoms with Gasteiger partial charge in [-0.05, 0) is 42.9 Å². The van der Waals surface area contributed by atoms with Crippen molar-refractivity contribution in [3.05, 3.63) is 42.2 Å². The van der Waals surface area contributed by atoms with E-state index in [0.717, 1.165) is 27.8 Å². The largest absolute Gasteiger partial charge is 0.457 e. The van der Waals surface area contributed by atoms with E-state index < -0.39 is 5.91 Å². The zero-order valence-corrected chi connectivity index (χ0v) is 19.4. The van der Waals surface area contributed by atoms with Crippen molar-refractivity contribution in [3.63, 3.8) is 0 Å². The molecule has 1 saturated carbocycles. The number of rotatable bonds is 9. The third kappa shape index (κ3) is 6.17. The number of hydroxylamine groups is 1. The summed E-state index contributed by atoms with van der Waals surface area (Å²) in [6.07, 6.45) is 8.23. The van der Waals surface area contributed by atoms with Crippen LogP contribution in [0.4, 0.5) is 5.13 Å². The van der Waals surface area contributed by atoms with Gasteiger partial charge in [0.05, 0.1) is 16.8 Å². The first kappa shape index (κ1) is 22.5. The summed E-state index contributed by atoms with van der Waals surface area (Å²) in [4.78, 5) is 26.2. The second kappa shape index (κ2) is 10.7. The third-order valence-electron chi connectivity index (χ3n) is 5.41. The van der Waals surface area contributed by atoms with Crippen LogP contribution in [0.1, 0.15) is 56.4 Å². The van der Waals surface area contributed by atoms with Crippen LogP contribution in [0.5, 0.6) is 11.5 Å². The summed E-state index contributed by atoms with van der Waals surface area (Å²) in [6.45, 7) is 5.45. The number of nitrogens with one attached hydrogen (secondary N) is 2. The van der Waals surface area contributed by atoms with Gasteiger partial charge in [0.2, 0.25) is 0 Å². The third-order valence-corrected chi connectivity index (χ3v) is 6.38. The monoisotopic (exact) mass is 454 g/mol. The van der Waals surface area contributed by atoms with Gasteiger partial charge in [0.1, 0.15) is 17.2 Å². The first-order valence-corrected chi connectivity index (χ1v) is 12.1. The van der Waals surface area contributed by atoms with Crippen LogP contribution in [-0.4, -0.2) is 29.0 Å². The summed E-state index contributed by atoms with van der Waals surface area (Å²) in [5.41, 5.74) is 3.60. The van der Waals surface area contributed by atoms with E-state index in [-0.39, 0.29) is 5.69 Å². The van der Waals surface area contributed by atoms with Gasteiger partial charge in [-0.3, -0.25) is 14.6 Å². The number of benzene rings is 1. The molecule has 0 spiro atoms. The molecule has 0 radical (unpaired) electrons. The van der Waals surface area contributed by atoms with E-state index in [1.807, 2.05) is 32.0 Å². The lowest BCUT2D eigenvalue weighted by Gasteiger charge is -2.21. The van der Waals surface area contributed by atoms with Crippen LogP contribution in [0.2, 0.25) is 0 Å². The highest BCUT2D eigenvalue weighted by Crippen LogP contribution is 2.32. The molecule has 7 nitrogen and oxygen atoms in total. The predicted molar refractivity (Wildman–Crippen MR) is 127 cm³/mol. The quantitative estimate of drug-likeness (QED) is 0.398. The highest BCUT2D eigenvalue weighted by Gasteiger charge is 2.14. The summed E-state index contributed by atoms with van der Waals surface area (Å²) >= 11 is 1.63. The molecule has 0 saturated heterocycles. The predicted octanol–water partition coefficient (Wildman–Crippen LogP) is 5.79. The molecule has 1 fully saturated rings. The Kier molecular flexibility index (Phi) is 7.55. The average molecular weight is 455 g/mol. The van der Waals surface area contributed by atoms with Gasteiger partial charge in [-0.15, -0.1) is 0 Å². The lowest BCUT2D eigenvalue weighted by Crippen LogP contribution is -2.26. The van der Waals surface area contributed by atoms with Crippen molar-refractivity contribution >= 4 is 32.6 Å². The molecule has 2 heterocycles. The Morgan fingerprint density at radius 1 is 1.16 bits per heavy atom. The Balaban J connectivity index is 1.38. The van der Waals surface area contributed by atoms with E-state index >= 15 is 0 Å². The fourth-order valence-electron chi connectivity index (χ4n) is 3.73. The molecule has 32 heavy (non-hydrogen) atoms. The van der Waals surface area contributed by atoms with Gasteiger partial charge >= 0.3 is 0 Å². The molecule has 2 aromatic heterocycles. The van der Waals surface area contributed by atoms with Crippen molar-refractivity contribution in [2.75, 3.05) is 18.5 Å². The number of aromatic nitrogens is 2. The molecule has 4 rings (SSSR count). The normalized spacial score (nSPS) is 14.6. The molecule has 1 amide bonds. The molecule has 0 aliphatic heterocycles. The Bertz CT molecular complexity index is 1050. The molecule has 0 atom stereocenters. The van der Waals surface area contributed by atoms with Crippen molar-refractivity contribution in [3.8, 4) is 11.5 Å². The van der Waals surface area contributed by atoms with Crippen LogP contribution in [0.25, 0.3) is 10.2 Å². The first-order valence-electron chi connectivity index (χ1n) is 11.3. The van der Waals surface area contributed by atoms with Crippen LogP contribution in [0, 0.1) is 11.8 Å². The number of carbonyl (C=O) groups excluding carboxylic acids is 1. The lowest BCUT2D eigenvalue weighted by atomic mass is 9.89. The molecular weight excluding hydrogens is 424 g/mol. The van der Waals surface area contributed by atoms with Crippen molar-refractivity contribution in [1.29, 1.82) is 0 Å². The van der Waals surface area contributed by atoms with Gasteiger partial charge in [-0.1, -0.05) is 44.4 Å². The lowest BCUT2D eigenvalue weighted by molar-refractivity contribution is 0.0204. The molecule has 0 unspecified atom stereocenters. The average Bonchev–Trinajstić information content (AvgIpc) is 3.20. The van der Waals surface area contributed by atoms with E-state index in [9.17, 15) is 4.79 Å². The first-order chi connectivity index (χ1) is 15.6. The molecule has 8 heteroatoms. The van der Waals surface area contributed by atoms with Gasteiger partial charge in [0.15, 0.2) is 5.13 Å². The Morgan fingerprint density at radius 2 is 1.97 bits per heavy atom. The molecule has 1 aliphatic rings. The van der Waals surface area contributed by atoms with E-state index in [2.05, 4.69) is 15.8 Å². The highest BCUT2D eigenvalue weighted by molar-refractivity contribution is 7.22. The van der Waals surface area contributed by atoms with Gasteiger partial charge in [0.25, 0.3) is 5.91 Å². The molecular formula is C24H30N4O3S. The van der Waals surface area contributed by atoms with Crippen molar-refractivity contribution < 1.29 is 14.4 Å². The maximum atomic E-state index is 12.2. The van der Waals surface area contributed by atoms with Crippen LogP contribution >= 0.6 is 11.3 Å². The number of carbonyl (C=O) groups is 1. The molecule has 1 aliphatic carbocycles. The maximum Gasteiger partial charge on any atom is 0.293 e. The number of nitrogens with zero attached hydrogens (tertiary/aromatic N) is 2. The van der Waals surface area contributed by atoms with E-state index in [1.165, 1.54) is 32.1 Å². The van der Waals surface area contributed by atoms with E-state index in [0.29, 0.717) is 24.0 Å². The number of amides is 1. The second-order valence-corrected chi connectivity index (χ2v) is 9.68. The number of fused-ring (bicyclic) bond motifs is 1. The molecule has 1 aromatic carbocycles. The molecule has 3 aromatic rings. The number of ether oxygens (including phenoxy) is 1. The van der Waals surface area contributed by atoms with E-state index in [4.69, 9.17) is 14.6 Å². The maximum absolute atomic E-state index is 12.2. The fourth-order valence-corrected chi connectivity index (χ4v) is 4.63. The number of hydrogen-bond acceptors (Lipinski definition) is 7. The smallest absolute Gasteiger partial charge is 0.293 e. The minimum atomic E-state index is -0.400.